The Bertz CT molecular complexity index is 981. The molecule has 3 rings (SSSR count). The van der Waals surface area contributed by atoms with Gasteiger partial charge < -0.3 is 9.64 Å². The highest BCUT2D eigenvalue weighted by Gasteiger charge is 2.34. The Morgan fingerprint density at radius 2 is 1.77 bits per heavy atom. The Morgan fingerprint density at radius 1 is 1.07 bits per heavy atom. The van der Waals surface area contributed by atoms with E-state index in [0.29, 0.717) is 18.0 Å². The molecule has 0 radical (unpaired) electrons. The van der Waals surface area contributed by atoms with Crippen molar-refractivity contribution >= 4 is 46.6 Å². The van der Waals surface area contributed by atoms with Crippen molar-refractivity contribution in [3.63, 3.8) is 0 Å². The van der Waals surface area contributed by atoms with Crippen LogP contribution in [-0.2, 0) is 9.59 Å². The summed E-state index contributed by atoms with van der Waals surface area (Å²) in [5, 5.41) is 2.66. The molecule has 7 heteroatoms. The summed E-state index contributed by atoms with van der Waals surface area (Å²) in [6.07, 6.45) is 1.59. The second-order valence-electron chi connectivity index (χ2n) is 6.65. The van der Waals surface area contributed by atoms with Gasteiger partial charge in [-0.1, -0.05) is 18.2 Å². The average Bonchev–Trinajstić information content (AvgIpc) is 2.73. The first-order valence-corrected chi connectivity index (χ1v) is 10.4. The Hall–Kier alpha value is -3.19. The summed E-state index contributed by atoms with van der Waals surface area (Å²) in [4.78, 5) is 29.2. The number of amides is 2. The number of rotatable bonds is 7. The number of carbonyl (C=O) groups excluding carboxylic acids is 2. The minimum Gasteiger partial charge on any atom is -0.494 e. The van der Waals surface area contributed by atoms with Gasteiger partial charge in [-0.05, 0) is 68.9 Å². The summed E-state index contributed by atoms with van der Waals surface area (Å²) >= 11 is 5.26. The van der Waals surface area contributed by atoms with Gasteiger partial charge in [-0.2, -0.15) is 0 Å². The van der Waals surface area contributed by atoms with Crippen molar-refractivity contribution in [1.82, 2.24) is 5.32 Å². The Morgan fingerprint density at radius 3 is 2.40 bits per heavy atom. The Kier molecular flexibility index (Phi) is 6.84. The quantitative estimate of drug-likeness (QED) is 0.417. The number of thiocarbonyl (C=S) groups is 1. The first kappa shape index (κ1) is 21.5. The summed E-state index contributed by atoms with van der Waals surface area (Å²) in [7, 11) is 0. The molecule has 156 valence electrons. The standard InChI is InChI=1S/C23H25N3O3S/c1-4-25(5-2)17-12-10-16(11-13-17)14-20-21(27)24-23(30)26(22(20)28)18-8-7-9-19(15-18)29-6-3/h7-15H,4-6H2,1-3H3,(H,24,27,30)/b20-14+. The third-order valence-electron chi connectivity index (χ3n) is 4.82. The van der Waals surface area contributed by atoms with E-state index in [0.717, 1.165) is 24.3 Å². The zero-order valence-corrected chi connectivity index (χ0v) is 18.2. The summed E-state index contributed by atoms with van der Waals surface area (Å²) in [6.45, 7) is 8.41. The molecule has 2 aromatic carbocycles. The second-order valence-corrected chi connectivity index (χ2v) is 7.04. The largest absolute Gasteiger partial charge is 0.494 e. The van der Waals surface area contributed by atoms with Crippen molar-refractivity contribution in [3.8, 4) is 5.75 Å². The molecule has 1 N–H and O–H groups in total. The molecule has 2 aromatic rings. The molecular weight excluding hydrogens is 398 g/mol. The van der Waals surface area contributed by atoms with Crippen LogP contribution in [0.3, 0.4) is 0 Å². The molecule has 1 fully saturated rings. The van der Waals surface area contributed by atoms with Gasteiger partial charge in [0, 0.05) is 24.8 Å². The number of anilines is 2. The summed E-state index contributed by atoms with van der Waals surface area (Å²) in [5.41, 5.74) is 2.43. The van der Waals surface area contributed by atoms with Gasteiger partial charge in [-0.3, -0.25) is 19.8 Å². The molecule has 30 heavy (non-hydrogen) atoms. The zero-order valence-electron chi connectivity index (χ0n) is 17.3. The van der Waals surface area contributed by atoms with Gasteiger partial charge in [0.15, 0.2) is 5.11 Å². The van der Waals surface area contributed by atoms with Crippen molar-refractivity contribution in [2.24, 2.45) is 0 Å². The fraction of sp³-hybridized carbons (Fsp3) is 0.261. The van der Waals surface area contributed by atoms with Gasteiger partial charge in [0.25, 0.3) is 11.8 Å². The smallest absolute Gasteiger partial charge is 0.270 e. The van der Waals surface area contributed by atoms with Gasteiger partial charge in [0.1, 0.15) is 11.3 Å². The van der Waals surface area contributed by atoms with Crippen molar-refractivity contribution in [3.05, 3.63) is 59.7 Å². The molecule has 0 unspecified atom stereocenters. The zero-order chi connectivity index (χ0) is 21.7. The van der Waals surface area contributed by atoms with Crippen LogP contribution in [0.4, 0.5) is 11.4 Å². The van der Waals surface area contributed by atoms with Crippen LogP contribution >= 0.6 is 12.2 Å². The molecule has 6 nitrogen and oxygen atoms in total. The van der Waals surface area contributed by atoms with E-state index in [-0.39, 0.29) is 10.7 Å². The lowest BCUT2D eigenvalue weighted by Gasteiger charge is -2.29. The van der Waals surface area contributed by atoms with Crippen LogP contribution < -0.4 is 19.9 Å². The molecule has 1 aliphatic rings. The third kappa shape index (κ3) is 4.52. The number of hydrogen-bond donors (Lipinski definition) is 1. The molecule has 1 aliphatic heterocycles. The van der Waals surface area contributed by atoms with Crippen LogP contribution in [0.2, 0.25) is 0 Å². The highest BCUT2D eigenvalue weighted by atomic mass is 32.1. The Balaban J connectivity index is 1.91. The van der Waals surface area contributed by atoms with E-state index < -0.39 is 11.8 Å². The SMILES string of the molecule is CCOc1cccc(N2C(=O)/C(=C/c3ccc(N(CC)CC)cc3)C(=O)NC2=S)c1. The molecule has 0 aliphatic carbocycles. The summed E-state index contributed by atoms with van der Waals surface area (Å²) < 4.78 is 5.51. The monoisotopic (exact) mass is 423 g/mol. The molecule has 0 bridgehead atoms. The average molecular weight is 424 g/mol. The predicted molar refractivity (Wildman–Crippen MR) is 124 cm³/mol. The first-order chi connectivity index (χ1) is 14.5. The number of ether oxygens (including phenoxy) is 1. The summed E-state index contributed by atoms with van der Waals surface area (Å²) in [5.74, 6) is -0.347. The van der Waals surface area contributed by atoms with Crippen molar-refractivity contribution in [1.29, 1.82) is 0 Å². The third-order valence-corrected chi connectivity index (χ3v) is 5.11. The number of nitrogens with zero attached hydrogens (tertiary/aromatic N) is 2. The highest BCUT2D eigenvalue weighted by Crippen LogP contribution is 2.26. The fourth-order valence-corrected chi connectivity index (χ4v) is 3.59. The lowest BCUT2D eigenvalue weighted by atomic mass is 10.1. The van der Waals surface area contributed by atoms with E-state index in [1.54, 1.807) is 30.3 Å². The normalized spacial score (nSPS) is 15.4. The van der Waals surface area contributed by atoms with Crippen LogP contribution in [0.5, 0.6) is 5.75 Å². The minimum atomic E-state index is -0.505. The predicted octanol–water partition coefficient (Wildman–Crippen LogP) is 3.76. The minimum absolute atomic E-state index is 0.0287. The lowest BCUT2D eigenvalue weighted by Crippen LogP contribution is -2.54. The molecule has 0 atom stereocenters. The van der Waals surface area contributed by atoms with Crippen LogP contribution in [0.25, 0.3) is 6.08 Å². The van der Waals surface area contributed by atoms with Gasteiger partial charge in [0.2, 0.25) is 0 Å². The van der Waals surface area contributed by atoms with Crippen LogP contribution in [0, 0.1) is 0 Å². The molecule has 0 aromatic heterocycles. The molecule has 0 saturated carbocycles. The van der Waals surface area contributed by atoms with Crippen molar-refractivity contribution < 1.29 is 14.3 Å². The van der Waals surface area contributed by atoms with E-state index in [4.69, 9.17) is 17.0 Å². The number of hydrogen-bond acceptors (Lipinski definition) is 5. The molecular formula is C23H25N3O3S. The maximum atomic E-state index is 13.1. The van der Waals surface area contributed by atoms with Gasteiger partial charge >= 0.3 is 0 Å². The van der Waals surface area contributed by atoms with E-state index in [9.17, 15) is 9.59 Å². The number of benzene rings is 2. The van der Waals surface area contributed by atoms with E-state index in [1.165, 1.54) is 4.90 Å². The van der Waals surface area contributed by atoms with Crippen molar-refractivity contribution in [2.75, 3.05) is 29.5 Å². The summed E-state index contributed by atoms with van der Waals surface area (Å²) in [6, 6.07) is 14.8. The van der Waals surface area contributed by atoms with E-state index in [1.807, 2.05) is 31.2 Å². The fourth-order valence-electron chi connectivity index (χ4n) is 3.31. The Labute approximate surface area is 182 Å². The highest BCUT2D eigenvalue weighted by molar-refractivity contribution is 7.80. The molecule has 1 heterocycles. The van der Waals surface area contributed by atoms with Crippen molar-refractivity contribution in [2.45, 2.75) is 20.8 Å². The van der Waals surface area contributed by atoms with E-state index >= 15 is 0 Å². The van der Waals surface area contributed by atoms with Gasteiger partial charge in [-0.15, -0.1) is 0 Å². The van der Waals surface area contributed by atoms with Gasteiger partial charge in [-0.25, -0.2) is 0 Å². The molecule has 0 spiro atoms. The second kappa shape index (κ2) is 9.54. The number of nitrogens with one attached hydrogen (secondary N) is 1. The lowest BCUT2D eigenvalue weighted by molar-refractivity contribution is -0.122. The molecule has 1 saturated heterocycles. The molecule has 2 amide bonds. The van der Waals surface area contributed by atoms with Crippen LogP contribution in [-0.4, -0.2) is 36.6 Å². The van der Waals surface area contributed by atoms with Gasteiger partial charge in [0.05, 0.1) is 12.3 Å². The van der Waals surface area contributed by atoms with Crippen LogP contribution in [0.15, 0.2) is 54.1 Å². The topological polar surface area (TPSA) is 61.9 Å². The number of carbonyl (C=O) groups is 2. The maximum absolute atomic E-state index is 13.1. The first-order valence-electron chi connectivity index (χ1n) is 9.97. The van der Waals surface area contributed by atoms with E-state index in [2.05, 4.69) is 24.1 Å². The maximum Gasteiger partial charge on any atom is 0.270 e. The van der Waals surface area contributed by atoms with Crippen LogP contribution in [0.1, 0.15) is 26.3 Å².